The minimum Gasteiger partial charge on any atom is -0.450 e. The lowest BCUT2D eigenvalue weighted by Gasteiger charge is -2.12. The number of ether oxygens (including phenoxy) is 3. The molecule has 0 aromatic heterocycles. The number of hydrogen-bond donors (Lipinski definition) is 1. The van der Waals surface area contributed by atoms with Gasteiger partial charge < -0.3 is 19.3 Å². The first-order valence-corrected chi connectivity index (χ1v) is 3.24. The van der Waals surface area contributed by atoms with E-state index in [1.807, 2.05) is 0 Å². The van der Waals surface area contributed by atoms with Gasteiger partial charge in [0, 0.05) is 6.42 Å². The van der Waals surface area contributed by atoms with E-state index >= 15 is 0 Å². The molecule has 0 spiro atoms. The topological polar surface area (TPSA) is 82.1 Å². The maximum atomic E-state index is 10.4. The van der Waals surface area contributed by atoms with Gasteiger partial charge in [0.1, 0.15) is 0 Å². The second-order valence-corrected chi connectivity index (χ2v) is 1.79. The first-order chi connectivity index (χ1) is 5.60. The highest BCUT2D eigenvalue weighted by Crippen LogP contribution is 2.01. The van der Waals surface area contributed by atoms with Crippen LogP contribution in [0.5, 0.6) is 0 Å². The molecule has 0 rings (SSSR count). The average Bonchev–Trinajstić information content (AvgIpc) is 2.02. The summed E-state index contributed by atoms with van der Waals surface area (Å²) in [5, 5.41) is 8.15. The summed E-state index contributed by atoms with van der Waals surface area (Å²) < 4.78 is 12.7. The summed E-state index contributed by atoms with van der Waals surface area (Å²) in [4.78, 5) is 20.4. The third-order valence-electron chi connectivity index (χ3n) is 0.960. The predicted molar refractivity (Wildman–Crippen MR) is 36.7 cm³/mol. The molecule has 0 radical (unpaired) electrons. The van der Waals surface area contributed by atoms with Crippen LogP contribution in [-0.2, 0) is 14.2 Å². The van der Waals surface area contributed by atoms with E-state index in [4.69, 9.17) is 5.11 Å². The number of carbonyl (C=O) groups excluding carboxylic acids is 1. The summed E-state index contributed by atoms with van der Waals surface area (Å²) in [5.74, 6) is 0. The molecule has 0 heterocycles. The molecule has 6 heteroatoms. The monoisotopic (exact) mass is 178 g/mol. The first kappa shape index (κ1) is 10.5. The Morgan fingerprint density at radius 1 is 1.42 bits per heavy atom. The molecule has 0 amide bonds. The van der Waals surface area contributed by atoms with Gasteiger partial charge in [-0.2, -0.15) is 0 Å². The number of rotatable bonds is 3. The van der Waals surface area contributed by atoms with E-state index in [1.165, 1.54) is 0 Å². The van der Waals surface area contributed by atoms with Crippen molar-refractivity contribution in [2.75, 3.05) is 7.11 Å². The summed E-state index contributed by atoms with van der Waals surface area (Å²) in [6.07, 6.45) is -3.33. The SMILES string of the molecule is CCC(OC(=O)O)OC(=O)OC. The van der Waals surface area contributed by atoms with Crippen LogP contribution in [0.15, 0.2) is 0 Å². The van der Waals surface area contributed by atoms with Gasteiger partial charge in [-0.1, -0.05) is 6.92 Å². The van der Waals surface area contributed by atoms with E-state index in [0.717, 1.165) is 7.11 Å². The molecular formula is C6H10O6. The van der Waals surface area contributed by atoms with Crippen molar-refractivity contribution < 1.29 is 28.9 Å². The highest BCUT2D eigenvalue weighted by atomic mass is 16.8. The minimum absolute atomic E-state index is 0.238. The molecule has 0 bridgehead atoms. The molecule has 0 aliphatic rings. The molecule has 6 nitrogen and oxygen atoms in total. The van der Waals surface area contributed by atoms with Crippen LogP contribution in [0.25, 0.3) is 0 Å². The van der Waals surface area contributed by atoms with E-state index in [9.17, 15) is 9.59 Å². The zero-order valence-electron chi connectivity index (χ0n) is 6.77. The predicted octanol–water partition coefficient (Wildman–Crippen LogP) is 1.20. The van der Waals surface area contributed by atoms with Crippen molar-refractivity contribution in [2.45, 2.75) is 19.6 Å². The molecular weight excluding hydrogens is 168 g/mol. The van der Waals surface area contributed by atoms with Crippen LogP contribution in [0.2, 0.25) is 0 Å². The molecule has 0 aromatic carbocycles. The van der Waals surface area contributed by atoms with Gasteiger partial charge in [0.05, 0.1) is 7.11 Å². The first-order valence-electron chi connectivity index (χ1n) is 3.24. The molecule has 0 aliphatic carbocycles. The fourth-order valence-corrected chi connectivity index (χ4v) is 0.459. The van der Waals surface area contributed by atoms with Gasteiger partial charge in [-0.15, -0.1) is 0 Å². The Labute approximate surface area is 69.0 Å². The Morgan fingerprint density at radius 3 is 2.33 bits per heavy atom. The van der Waals surface area contributed by atoms with Crippen LogP contribution in [0.1, 0.15) is 13.3 Å². The summed E-state index contributed by atoms with van der Waals surface area (Å²) in [6.45, 7) is 1.61. The van der Waals surface area contributed by atoms with Gasteiger partial charge in [-0.25, -0.2) is 9.59 Å². The number of carbonyl (C=O) groups is 2. The smallest absolute Gasteiger partial charge is 0.450 e. The van der Waals surface area contributed by atoms with Crippen LogP contribution >= 0.6 is 0 Å². The molecule has 1 atom stereocenters. The number of methoxy groups -OCH3 is 1. The third-order valence-corrected chi connectivity index (χ3v) is 0.960. The van der Waals surface area contributed by atoms with E-state index in [-0.39, 0.29) is 6.42 Å². The van der Waals surface area contributed by atoms with Crippen LogP contribution in [0, 0.1) is 0 Å². The molecule has 0 saturated heterocycles. The summed E-state index contributed by atoms with van der Waals surface area (Å²) >= 11 is 0. The molecule has 0 aromatic rings. The Balaban J connectivity index is 3.82. The molecule has 0 saturated carbocycles. The minimum atomic E-state index is -1.49. The van der Waals surface area contributed by atoms with Crippen LogP contribution in [-0.4, -0.2) is 30.8 Å². The van der Waals surface area contributed by atoms with Gasteiger partial charge >= 0.3 is 12.3 Å². The third kappa shape index (κ3) is 4.37. The van der Waals surface area contributed by atoms with Crippen LogP contribution < -0.4 is 0 Å². The Morgan fingerprint density at radius 2 is 2.00 bits per heavy atom. The molecule has 0 aliphatic heterocycles. The van der Waals surface area contributed by atoms with Gasteiger partial charge in [-0.3, -0.25) is 0 Å². The van der Waals surface area contributed by atoms with Crippen molar-refractivity contribution in [1.29, 1.82) is 0 Å². The fourth-order valence-electron chi connectivity index (χ4n) is 0.459. The van der Waals surface area contributed by atoms with Gasteiger partial charge in [0.15, 0.2) is 0 Å². The van der Waals surface area contributed by atoms with Gasteiger partial charge in [0.2, 0.25) is 0 Å². The van der Waals surface area contributed by atoms with E-state index in [1.54, 1.807) is 6.92 Å². The van der Waals surface area contributed by atoms with E-state index in [2.05, 4.69) is 14.2 Å². The van der Waals surface area contributed by atoms with Crippen molar-refractivity contribution >= 4 is 12.3 Å². The van der Waals surface area contributed by atoms with Gasteiger partial charge in [-0.05, 0) is 0 Å². The lowest BCUT2D eigenvalue weighted by molar-refractivity contribution is -0.0954. The summed E-state index contributed by atoms with van der Waals surface area (Å²) in [7, 11) is 1.12. The van der Waals surface area contributed by atoms with E-state index < -0.39 is 18.6 Å². The molecule has 1 N–H and O–H groups in total. The summed E-state index contributed by atoms with van der Waals surface area (Å²) in [6, 6.07) is 0. The second-order valence-electron chi connectivity index (χ2n) is 1.79. The van der Waals surface area contributed by atoms with Crippen molar-refractivity contribution in [3.05, 3.63) is 0 Å². The van der Waals surface area contributed by atoms with Crippen LogP contribution in [0.4, 0.5) is 9.59 Å². The fraction of sp³-hybridized carbons (Fsp3) is 0.667. The number of hydrogen-bond acceptors (Lipinski definition) is 5. The zero-order valence-corrected chi connectivity index (χ0v) is 6.77. The van der Waals surface area contributed by atoms with Crippen molar-refractivity contribution in [3.8, 4) is 0 Å². The van der Waals surface area contributed by atoms with Crippen molar-refractivity contribution in [3.63, 3.8) is 0 Å². The lowest BCUT2D eigenvalue weighted by Crippen LogP contribution is -2.23. The molecule has 0 fully saturated rings. The Hall–Kier alpha value is -1.46. The standard InChI is InChI=1S/C6H10O6/c1-3-4(11-5(7)8)12-6(9)10-2/h4H,3H2,1-2H3,(H,7,8). The Kier molecular flexibility index (Phi) is 4.59. The van der Waals surface area contributed by atoms with E-state index in [0.29, 0.717) is 0 Å². The lowest BCUT2D eigenvalue weighted by atomic mass is 10.5. The molecule has 1 unspecified atom stereocenters. The Bertz CT molecular complexity index is 165. The maximum Gasteiger partial charge on any atom is 0.511 e. The number of carboxylic acid groups (broad SMARTS) is 1. The average molecular weight is 178 g/mol. The van der Waals surface area contributed by atoms with Gasteiger partial charge in [0.25, 0.3) is 6.29 Å². The highest BCUT2D eigenvalue weighted by Gasteiger charge is 2.16. The second kappa shape index (κ2) is 5.22. The summed E-state index contributed by atoms with van der Waals surface area (Å²) in [5.41, 5.74) is 0. The largest absolute Gasteiger partial charge is 0.511 e. The highest BCUT2D eigenvalue weighted by molar-refractivity contribution is 5.60. The van der Waals surface area contributed by atoms with Crippen molar-refractivity contribution in [2.24, 2.45) is 0 Å². The maximum absolute atomic E-state index is 10.4. The molecule has 70 valence electrons. The zero-order chi connectivity index (χ0) is 9.56. The van der Waals surface area contributed by atoms with Crippen molar-refractivity contribution in [1.82, 2.24) is 0 Å². The quantitative estimate of drug-likeness (QED) is 0.516. The normalized spacial score (nSPS) is 11.5. The van der Waals surface area contributed by atoms with Crippen LogP contribution in [0.3, 0.4) is 0 Å². The molecule has 12 heavy (non-hydrogen) atoms.